The Morgan fingerprint density at radius 3 is 2.65 bits per heavy atom. The largest absolute Gasteiger partial charge is 0.350 e. The number of sulfone groups is 1. The number of nitrogens with one attached hydrogen (secondary N) is 1. The van der Waals surface area contributed by atoms with Crippen molar-refractivity contribution in [1.29, 1.82) is 0 Å². The normalized spacial score (nSPS) is 11.3. The summed E-state index contributed by atoms with van der Waals surface area (Å²) in [6.07, 6.45) is 1.09. The Labute approximate surface area is 136 Å². The summed E-state index contributed by atoms with van der Waals surface area (Å²) in [5, 5.41) is 8.26. The van der Waals surface area contributed by atoms with Crippen LogP contribution in [0.3, 0.4) is 0 Å². The lowest BCUT2D eigenvalue weighted by Gasteiger charge is -2.02. The molecule has 1 amide bonds. The van der Waals surface area contributed by atoms with Crippen molar-refractivity contribution in [3.8, 4) is 11.3 Å². The maximum Gasteiger partial charge on any atom is 0.294 e. The van der Waals surface area contributed by atoms with E-state index < -0.39 is 15.7 Å². The van der Waals surface area contributed by atoms with Crippen molar-refractivity contribution >= 4 is 32.1 Å². The molecule has 3 aromatic rings. The van der Waals surface area contributed by atoms with Gasteiger partial charge < -0.3 is 9.84 Å². The molecule has 0 fully saturated rings. The summed E-state index contributed by atoms with van der Waals surface area (Å²) in [6.45, 7) is 0. The summed E-state index contributed by atoms with van der Waals surface area (Å²) in [6, 6.07) is 12.2. The van der Waals surface area contributed by atoms with E-state index in [0.29, 0.717) is 5.69 Å². The van der Waals surface area contributed by atoms with Crippen molar-refractivity contribution in [2.45, 2.75) is 4.90 Å². The molecule has 0 unspecified atom stereocenters. The maximum absolute atomic E-state index is 12.2. The number of benzene rings is 1. The first-order valence-corrected chi connectivity index (χ1v) is 9.33. The Morgan fingerprint density at radius 2 is 1.96 bits per heavy atom. The summed E-state index contributed by atoms with van der Waals surface area (Å²) in [5.41, 5.74) is 1.36. The smallest absolute Gasteiger partial charge is 0.294 e. The minimum Gasteiger partial charge on any atom is -0.350 e. The van der Waals surface area contributed by atoms with Gasteiger partial charge in [0.15, 0.2) is 9.84 Å². The summed E-state index contributed by atoms with van der Waals surface area (Å²) >= 11 is 1.13. The zero-order valence-corrected chi connectivity index (χ0v) is 13.6. The topological polar surface area (TPSA) is 89.3 Å². The third kappa shape index (κ3) is 3.33. The Hall–Kier alpha value is -2.45. The van der Waals surface area contributed by atoms with E-state index in [1.807, 2.05) is 30.3 Å². The molecule has 23 heavy (non-hydrogen) atoms. The molecular weight excluding hydrogens is 336 g/mol. The van der Waals surface area contributed by atoms with Crippen molar-refractivity contribution in [3.63, 3.8) is 0 Å². The highest BCUT2D eigenvalue weighted by molar-refractivity contribution is 7.91. The second-order valence-corrected chi connectivity index (χ2v) is 7.68. The van der Waals surface area contributed by atoms with Crippen LogP contribution in [0, 0.1) is 0 Å². The second kappa shape index (κ2) is 5.98. The average molecular weight is 348 g/mol. The van der Waals surface area contributed by atoms with Crippen LogP contribution >= 0.6 is 11.3 Å². The van der Waals surface area contributed by atoms with E-state index in [-0.39, 0.29) is 15.7 Å². The molecular formula is C15H12N2O4S2. The van der Waals surface area contributed by atoms with Crippen LogP contribution in [-0.4, -0.2) is 25.7 Å². The van der Waals surface area contributed by atoms with Crippen molar-refractivity contribution in [1.82, 2.24) is 5.16 Å². The number of hydrogen-bond acceptors (Lipinski definition) is 6. The number of rotatable bonds is 4. The van der Waals surface area contributed by atoms with E-state index in [1.165, 1.54) is 12.1 Å². The molecule has 1 aromatic carbocycles. The quantitative estimate of drug-likeness (QED) is 0.783. The van der Waals surface area contributed by atoms with Crippen molar-refractivity contribution in [2.75, 3.05) is 11.6 Å². The predicted octanol–water partition coefficient (Wildman–Crippen LogP) is 3.06. The van der Waals surface area contributed by atoms with Gasteiger partial charge in [0, 0.05) is 17.9 Å². The lowest BCUT2D eigenvalue weighted by molar-refractivity contribution is 0.0988. The molecule has 6 nitrogen and oxygen atoms in total. The van der Waals surface area contributed by atoms with Gasteiger partial charge in [-0.3, -0.25) is 4.79 Å². The summed E-state index contributed by atoms with van der Waals surface area (Å²) in [7, 11) is -3.41. The first-order valence-electron chi connectivity index (χ1n) is 6.56. The molecule has 0 aliphatic carbocycles. The number of carbonyl (C=O) groups excluding carboxylic acids is 1. The highest BCUT2D eigenvalue weighted by Crippen LogP contribution is 2.28. The minimum atomic E-state index is -3.41. The lowest BCUT2D eigenvalue weighted by Crippen LogP contribution is -2.12. The molecule has 0 spiro atoms. The van der Waals surface area contributed by atoms with Crippen LogP contribution in [0.4, 0.5) is 5.00 Å². The third-order valence-corrected chi connectivity index (χ3v) is 5.16. The Kier molecular flexibility index (Phi) is 4.01. The number of thiophene rings is 1. The van der Waals surface area contributed by atoms with E-state index >= 15 is 0 Å². The minimum absolute atomic E-state index is 0.0108. The SMILES string of the molecule is CS(=O)(=O)c1ccsc1NC(=O)c1cc(-c2ccccc2)no1. The zero-order valence-electron chi connectivity index (χ0n) is 12.0. The number of nitrogens with zero attached hydrogens (tertiary/aromatic N) is 1. The Balaban J connectivity index is 1.83. The fourth-order valence-corrected chi connectivity index (χ4v) is 4.04. The molecule has 2 heterocycles. The molecule has 118 valence electrons. The highest BCUT2D eigenvalue weighted by Gasteiger charge is 2.20. The molecule has 2 aromatic heterocycles. The molecule has 1 N–H and O–H groups in total. The average Bonchev–Trinajstić information content (AvgIpc) is 3.16. The van der Waals surface area contributed by atoms with Crippen LogP contribution in [0.1, 0.15) is 10.6 Å². The molecule has 3 rings (SSSR count). The highest BCUT2D eigenvalue weighted by atomic mass is 32.2. The van der Waals surface area contributed by atoms with Gasteiger partial charge in [0.05, 0.1) is 0 Å². The van der Waals surface area contributed by atoms with Gasteiger partial charge in [-0.1, -0.05) is 35.5 Å². The number of aromatic nitrogens is 1. The molecule has 0 saturated carbocycles. The molecule has 0 bridgehead atoms. The van der Waals surface area contributed by atoms with E-state index in [1.54, 1.807) is 5.38 Å². The maximum atomic E-state index is 12.2. The monoisotopic (exact) mass is 348 g/mol. The predicted molar refractivity (Wildman–Crippen MR) is 87.3 cm³/mol. The molecule has 0 radical (unpaired) electrons. The Morgan fingerprint density at radius 1 is 1.22 bits per heavy atom. The van der Waals surface area contributed by atoms with Gasteiger partial charge in [0.2, 0.25) is 5.76 Å². The lowest BCUT2D eigenvalue weighted by atomic mass is 10.1. The van der Waals surface area contributed by atoms with Gasteiger partial charge in [0.1, 0.15) is 15.6 Å². The van der Waals surface area contributed by atoms with Gasteiger partial charge in [-0.05, 0) is 11.4 Å². The third-order valence-electron chi connectivity index (χ3n) is 3.06. The van der Waals surface area contributed by atoms with Crippen molar-refractivity contribution < 1.29 is 17.7 Å². The zero-order chi connectivity index (χ0) is 16.4. The molecule has 0 aliphatic heterocycles. The standard InChI is InChI=1S/C15H12N2O4S2/c1-23(19,20)13-7-8-22-15(13)16-14(18)12-9-11(17-21-12)10-5-3-2-4-6-10/h2-9H,1H3,(H,16,18). The van der Waals surface area contributed by atoms with Gasteiger partial charge in [-0.2, -0.15) is 0 Å². The van der Waals surface area contributed by atoms with E-state index in [0.717, 1.165) is 23.2 Å². The first-order chi connectivity index (χ1) is 10.9. The second-order valence-electron chi connectivity index (χ2n) is 4.78. The number of hydrogen-bond donors (Lipinski definition) is 1. The van der Waals surface area contributed by atoms with Gasteiger partial charge in [0.25, 0.3) is 5.91 Å². The molecule has 0 aliphatic rings. The molecule has 0 saturated heterocycles. The summed E-state index contributed by atoms with van der Waals surface area (Å²) in [5.74, 6) is -0.538. The van der Waals surface area contributed by atoms with Gasteiger partial charge >= 0.3 is 0 Å². The van der Waals surface area contributed by atoms with Crippen LogP contribution < -0.4 is 5.32 Å². The fraction of sp³-hybridized carbons (Fsp3) is 0.0667. The number of carbonyl (C=O) groups is 1. The molecule has 8 heteroatoms. The van der Waals surface area contributed by atoms with Crippen LogP contribution in [0.2, 0.25) is 0 Å². The fourth-order valence-electron chi connectivity index (χ4n) is 1.97. The summed E-state index contributed by atoms with van der Waals surface area (Å²) < 4.78 is 28.3. The number of amides is 1. The van der Waals surface area contributed by atoms with Crippen LogP contribution in [0.15, 0.2) is 57.3 Å². The van der Waals surface area contributed by atoms with Crippen LogP contribution in [0.25, 0.3) is 11.3 Å². The van der Waals surface area contributed by atoms with Crippen LogP contribution in [0.5, 0.6) is 0 Å². The summed E-state index contributed by atoms with van der Waals surface area (Å²) in [4.78, 5) is 12.3. The molecule has 0 atom stereocenters. The number of anilines is 1. The van der Waals surface area contributed by atoms with Crippen LogP contribution in [-0.2, 0) is 9.84 Å². The Bertz CT molecular complexity index is 943. The van der Waals surface area contributed by atoms with E-state index in [9.17, 15) is 13.2 Å². The van der Waals surface area contributed by atoms with Gasteiger partial charge in [-0.15, -0.1) is 11.3 Å². The van der Waals surface area contributed by atoms with Gasteiger partial charge in [-0.25, -0.2) is 8.42 Å². The van der Waals surface area contributed by atoms with E-state index in [2.05, 4.69) is 10.5 Å². The first kappa shape index (κ1) is 15.4. The van der Waals surface area contributed by atoms with Crippen molar-refractivity contribution in [2.24, 2.45) is 0 Å². The van der Waals surface area contributed by atoms with Crippen molar-refractivity contribution in [3.05, 3.63) is 53.6 Å². The van der Waals surface area contributed by atoms with E-state index in [4.69, 9.17) is 4.52 Å².